The van der Waals surface area contributed by atoms with Gasteiger partial charge < -0.3 is 18.9 Å². The van der Waals surface area contributed by atoms with Crippen LogP contribution in [0.2, 0.25) is 0 Å². The molecule has 53 heavy (non-hydrogen) atoms. The Balaban J connectivity index is 4.46. The van der Waals surface area contributed by atoms with Crippen molar-refractivity contribution in [1.29, 1.82) is 0 Å². The third kappa shape index (κ3) is 39.7. The van der Waals surface area contributed by atoms with Gasteiger partial charge >= 0.3 is 19.8 Å². The minimum Gasteiger partial charge on any atom is -0.462 e. The van der Waals surface area contributed by atoms with Crippen LogP contribution >= 0.6 is 7.82 Å². The van der Waals surface area contributed by atoms with E-state index in [9.17, 15) is 19.0 Å². The topological polar surface area (TPSA) is 108 Å². The van der Waals surface area contributed by atoms with E-state index in [2.05, 4.69) is 50.3 Å². The molecule has 0 rings (SSSR count). The molecule has 0 saturated carbocycles. The summed E-state index contributed by atoms with van der Waals surface area (Å²) in [4.78, 5) is 35.2. The first-order chi connectivity index (χ1) is 25.5. The van der Waals surface area contributed by atoms with Crippen LogP contribution in [0.5, 0.6) is 0 Å². The van der Waals surface area contributed by atoms with Crippen LogP contribution in [0.1, 0.15) is 174 Å². The highest BCUT2D eigenvalue weighted by atomic mass is 31.2. The van der Waals surface area contributed by atoms with Crippen molar-refractivity contribution in [2.75, 3.05) is 47.5 Å². The fourth-order valence-electron chi connectivity index (χ4n) is 5.52. The van der Waals surface area contributed by atoms with E-state index in [0.29, 0.717) is 17.4 Å². The maximum atomic E-state index is 12.6. The summed E-state index contributed by atoms with van der Waals surface area (Å²) in [6.45, 7) is 4.33. The summed E-state index contributed by atoms with van der Waals surface area (Å²) in [5, 5.41) is 0. The number of likely N-dealkylation sites (N-methyl/N-ethyl adjacent to an activating group) is 1. The van der Waals surface area contributed by atoms with Gasteiger partial charge in [-0.05, 0) is 64.2 Å². The zero-order valence-electron chi connectivity index (χ0n) is 34.7. The Morgan fingerprint density at radius 3 is 1.60 bits per heavy atom. The summed E-state index contributed by atoms with van der Waals surface area (Å²) in [7, 11) is 1.45. The van der Waals surface area contributed by atoms with Crippen LogP contribution in [0, 0.1) is 0 Å². The maximum absolute atomic E-state index is 12.6. The van der Waals surface area contributed by atoms with Gasteiger partial charge in [-0.1, -0.05) is 134 Å². The normalized spacial score (nSPS) is 14.0. The van der Waals surface area contributed by atoms with Crippen LogP contribution in [0.25, 0.3) is 0 Å². The van der Waals surface area contributed by atoms with Crippen LogP contribution in [-0.2, 0) is 32.7 Å². The SMILES string of the molecule is CCCCC/C=C/CCCCCCCC(=O)OC[C@H](COP(=O)(O)OCC[N+](C)(C)C)OC(=O)CCC/C=C/C/C=C/CCCCCCCCCCC. The first-order valence-corrected chi connectivity index (χ1v) is 22.7. The molecule has 9 nitrogen and oxygen atoms in total. The first kappa shape index (κ1) is 51.2. The van der Waals surface area contributed by atoms with Gasteiger partial charge in [0, 0.05) is 12.8 Å². The molecule has 0 aliphatic rings. The third-order valence-electron chi connectivity index (χ3n) is 8.89. The Kier molecular flexibility index (Phi) is 34.7. The fraction of sp³-hybridized carbons (Fsp3) is 0.814. The van der Waals surface area contributed by atoms with Crippen LogP contribution in [-0.4, -0.2) is 74.9 Å². The lowest BCUT2D eigenvalue weighted by Crippen LogP contribution is -2.37. The molecule has 0 amide bonds. The molecule has 0 bridgehead atoms. The Bertz CT molecular complexity index is 1010. The molecule has 0 aromatic carbocycles. The molecule has 1 unspecified atom stereocenters. The Hall–Kier alpha value is -1.77. The average Bonchev–Trinajstić information content (AvgIpc) is 3.10. The average molecular weight is 771 g/mol. The van der Waals surface area contributed by atoms with Crippen molar-refractivity contribution in [1.82, 2.24) is 0 Å². The molecule has 0 aliphatic carbocycles. The predicted octanol–water partition coefficient (Wildman–Crippen LogP) is 11.7. The monoisotopic (exact) mass is 771 g/mol. The molecule has 0 fully saturated rings. The minimum absolute atomic E-state index is 0.0229. The van der Waals surface area contributed by atoms with Crippen LogP contribution in [0.4, 0.5) is 0 Å². The Labute approximate surface area is 325 Å². The van der Waals surface area contributed by atoms with Gasteiger partial charge in [0.2, 0.25) is 0 Å². The summed E-state index contributed by atoms with van der Waals surface area (Å²) in [5.41, 5.74) is 0. The van der Waals surface area contributed by atoms with Crippen molar-refractivity contribution in [2.24, 2.45) is 0 Å². The number of rotatable bonds is 38. The molecule has 0 aromatic rings. The number of allylic oxidation sites excluding steroid dienone is 6. The number of esters is 2. The fourth-order valence-corrected chi connectivity index (χ4v) is 6.26. The number of hydrogen-bond acceptors (Lipinski definition) is 7. The largest absolute Gasteiger partial charge is 0.472 e. The second-order valence-corrected chi connectivity index (χ2v) is 16.8. The summed E-state index contributed by atoms with van der Waals surface area (Å²) < 4.78 is 34.2. The van der Waals surface area contributed by atoms with Crippen molar-refractivity contribution in [2.45, 2.75) is 180 Å². The number of hydrogen-bond donors (Lipinski definition) is 1. The molecule has 2 atom stereocenters. The quantitative estimate of drug-likeness (QED) is 0.0217. The maximum Gasteiger partial charge on any atom is 0.472 e. The van der Waals surface area contributed by atoms with Gasteiger partial charge in [0.1, 0.15) is 19.8 Å². The van der Waals surface area contributed by atoms with Crippen molar-refractivity contribution in [3.8, 4) is 0 Å². The smallest absolute Gasteiger partial charge is 0.462 e. The zero-order chi connectivity index (χ0) is 39.3. The van der Waals surface area contributed by atoms with E-state index in [1.807, 2.05) is 21.1 Å². The van der Waals surface area contributed by atoms with Crippen LogP contribution < -0.4 is 0 Å². The molecule has 0 saturated heterocycles. The number of unbranched alkanes of at least 4 members (excludes halogenated alkanes) is 18. The van der Waals surface area contributed by atoms with Gasteiger partial charge in [0.25, 0.3) is 0 Å². The second kappa shape index (κ2) is 35.9. The minimum atomic E-state index is -4.38. The van der Waals surface area contributed by atoms with Crippen molar-refractivity contribution < 1.29 is 42.1 Å². The standard InChI is InChI=1S/C43H80NO8P/c1-6-8-10-12-14-16-18-20-21-22-23-24-26-28-30-32-34-36-43(46)52-41(40-51-53(47,48)50-38-37-44(3,4)5)39-49-42(45)35-33-31-29-27-25-19-17-15-13-11-9-7-2/h15,17,23-24,28,30,41H,6-14,16,18-22,25-27,29,31-40H2,1-5H3/p+1/b17-15+,24-23+,30-28+/t41-/m1/s1. The molecule has 1 N–H and O–H groups in total. The highest BCUT2D eigenvalue weighted by Crippen LogP contribution is 2.43. The molecule has 0 spiro atoms. The molecule has 0 radical (unpaired) electrons. The van der Waals surface area contributed by atoms with Crippen molar-refractivity contribution in [3.63, 3.8) is 0 Å². The van der Waals surface area contributed by atoms with E-state index in [4.69, 9.17) is 18.5 Å². The van der Waals surface area contributed by atoms with Gasteiger partial charge in [-0.3, -0.25) is 18.6 Å². The van der Waals surface area contributed by atoms with E-state index in [0.717, 1.165) is 57.8 Å². The lowest BCUT2D eigenvalue weighted by molar-refractivity contribution is -0.870. The second-order valence-electron chi connectivity index (χ2n) is 15.4. The van der Waals surface area contributed by atoms with Gasteiger partial charge in [-0.25, -0.2) is 4.57 Å². The molecule has 0 heterocycles. The molecule has 0 aromatic heterocycles. The number of ether oxygens (including phenoxy) is 2. The van der Waals surface area contributed by atoms with E-state index in [-0.39, 0.29) is 32.0 Å². The number of phosphoric acid groups is 1. The summed E-state index contributed by atoms with van der Waals surface area (Å²) in [6, 6.07) is 0. The highest BCUT2D eigenvalue weighted by Gasteiger charge is 2.27. The highest BCUT2D eigenvalue weighted by molar-refractivity contribution is 7.47. The van der Waals surface area contributed by atoms with E-state index >= 15 is 0 Å². The zero-order valence-corrected chi connectivity index (χ0v) is 35.6. The number of quaternary nitrogens is 1. The molecule has 10 heteroatoms. The van der Waals surface area contributed by atoms with Crippen molar-refractivity contribution >= 4 is 19.8 Å². The van der Waals surface area contributed by atoms with Gasteiger partial charge in [0.05, 0.1) is 27.7 Å². The lowest BCUT2D eigenvalue weighted by atomic mass is 10.1. The summed E-state index contributed by atoms with van der Waals surface area (Å²) in [5.74, 6) is -0.863. The third-order valence-corrected chi connectivity index (χ3v) is 9.88. The number of carbonyl (C=O) groups excluding carboxylic acids is 2. The van der Waals surface area contributed by atoms with Crippen molar-refractivity contribution in [3.05, 3.63) is 36.5 Å². The van der Waals surface area contributed by atoms with Crippen LogP contribution in [0.15, 0.2) is 36.5 Å². The molecular weight excluding hydrogens is 689 g/mol. The molecule has 0 aliphatic heterocycles. The van der Waals surface area contributed by atoms with Gasteiger partial charge in [-0.15, -0.1) is 0 Å². The van der Waals surface area contributed by atoms with E-state index in [1.165, 1.54) is 83.5 Å². The summed E-state index contributed by atoms with van der Waals surface area (Å²) >= 11 is 0. The number of nitrogens with zero attached hydrogens (tertiary/aromatic N) is 1. The molecule has 310 valence electrons. The van der Waals surface area contributed by atoms with Gasteiger partial charge in [0.15, 0.2) is 6.10 Å². The predicted molar refractivity (Wildman–Crippen MR) is 220 cm³/mol. The summed E-state index contributed by atoms with van der Waals surface area (Å²) in [6.07, 6.45) is 39.2. The number of phosphoric ester groups is 1. The lowest BCUT2D eigenvalue weighted by Gasteiger charge is -2.24. The Morgan fingerprint density at radius 1 is 0.585 bits per heavy atom. The molecular formula is C43H81NO8P+. The number of carbonyl (C=O) groups is 2. The van der Waals surface area contributed by atoms with Gasteiger partial charge in [-0.2, -0.15) is 0 Å². The Morgan fingerprint density at radius 2 is 1.04 bits per heavy atom. The van der Waals surface area contributed by atoms with Crippen LogP contribution in [0.3, 0.4) is 0 Å². The first-order valence-electron chi connectivity index (χ1n) is 21.2. The van der Waals surface area contributed by atoms with E-state index in [1.54, 1.807) is 0 Å². The van der Waals surface area contributed by atoms with E-state index < -0.39 is 26.5 Å².